The van der Waals surface area contributed by atoms with Crippen molar-refractivity contribution in [2.75, 3.05) is 32.4 Å². The Labute approximate surface area is 127 Å². The van der Waals surface area contributed by atoms with Crippen LogP contribution in [0, 0.1) is 0 Å². The van der Waals surface area contributed by atoms with E-state index in [4.69, 9.17) is 0 Å². The molecule has 1 atom stereocenters. The lowest BCUT2D eigenvalue weighted by atomic mass is 10.0. The summed E-state index contributed by atoms with van der Waals surface area (Å²) >= 11 is 0. The number of nitrogens with one attached hydrogen (secondary N) is 2. The van der Waals surface area contributed by atoms with Gasteiger partial charge in [-0.2, -0.15) is 0 Å². The average molecular weight is 311 g/mol. The molecule has 5 nitrogen and oxygen atoms in total. The van der Waals surface area contributed by atoms with Crippen molar-refractivity contribution in [3.8, 4) is 0 Å². The lowest BCUT2D eigenvalue weighted by Gasteiger charge is -2.33. The molecule has 1 aromatic rings. The SMILES string of the molecule is CNS(=O)(=O)CCNC1CCCN(Cc2ccccc2)C1. The monoisotopic (exact) mass is 311 g/mol. The molecule has 6 heteroatoms. The molecule has 2 rings (SSSR count). The molecular weight excluding hydrogens is 286 g/mol. The molecule has 1 fully saturated rings. The number of benzene rings is 1. The minimum absolute atomic E-state index is 0.138. The molecule has 1 heterocycles. The van der Waals surface area contributed by atoms with Gasteiger partial charge in [0.2, 0.25) is 10.0 Å². The molecular formula is C15H25N3O2S. The molecule has 0 aliphatic carbocycles. The second-order valence-electron chi connectivity index (χ2n) is 5.54. The van der Waals surface area contributed by atoms with Gasteiger partial charge in [-0.25, -0.2) is 13.1 Å². The second-order valence-corrected chi connectivity index (χ2v) is 7.58. The summed E-state index contributed by atoms with van der Waals surface area (Å²) in [5, 5.41) is 3.37. The fourth-order valence-corrected chi connectivity index (χ4v) is 3.30. The molecule has 0 amide bonds. The molecule has 118 valence electrons. The zero-order valence-electron chi connectivity index (χ0n) is 12.6. The summed E-state index contributed by atoms with van der Waals surface area (Å²) in [6.07, 6.45) is 2.27. The van der Waals surface area contributed by atoms with Crippen LogP contribution in [0.3, 0.4) is 0 Å². The van der Waals surface area contributed by atoms with Gasteiger partial charge < -0.3 is 5.32 Å². The molecule has 1 aliphatic rings. The van der Waals surface area contributed by atoms with Gasteiger partial charge in [-0.05, 0) is 32.0 Å². The minimum Gasteiger partial charge on any atom is -0.312 e. The van der Waals surface area contributed by atoms with Crippen LogP contribution in [0.2, 0.25) is 0 Å². The normalized spacial score (nSPS) is 20.5. The van der Waals surface area contributed by atoms with E-state index in [1.807, 2.05) is 6.07 Å². The van der Waals surface area contributed by atoms with E-state index in [0.717, 1.165) is 32.5 Å². The molecule has 0 saturated carbocycles. The van der Waals surface area contributed by atoms with Crippen LogP contribution in [0.1, 0.15) is 18.4 Å². The van der Waals surface area contributed by atoms with Crippen LogP contribution in [-0.2, 0) is 16.6 Å². The third-order valence-electron chi connectivity index (χ3n) is 3.87. The summed E-state index contributed by atoms with van der Waals surface area (Å²) in [6, 6.07) is 10.9. The van der Waals surface area contributed by atoms with Crippen molar-refractivity contribution in [3.63, 3.8) is 0 Å². The van der Waals surface area contributed by atoms with Crippen molar-refractivity contribution in [1.82, 2.24) is 14.9 Å². The van der Waals surface area contributed by atoms with Gasteiger partial charge in [-0.1, -0.05) is 30.3 Å². The van der Waals surface area contributed by atoms with E-state index in [0.29, 0.717) is 12.6 Å². The number of piperidine rings is 1. The van der Waals surface area contributed by atoms with Crippen molar-refractivity contribution < 1.29 is 8.42 Å². The first-order valence-electron chi connectivity index (χ1n) is 7.50. The van der Waals surface area contributed by atoms with Crippen LogP contribution in [-0.4, -0.2) is 51.8 Å². The number of nitrogens with zero attached hydrogens (tertiary/aromatic N) is 1. The number of hydrogen-bond donors (Lipinski definition) is 2. The Morgan fingerprint density at radius 2 is 2.05 bits per heavy atom. The fourth-order valence-electron chi connectivity index (χ4n) is 2.71. The van der Waals surface area contributed by atoms with Crippen LogP contribution in [0.4, 0.5) is 0 Å². The number of sulfonamides is 1. The molecule has 1 saturated heterocycles. The maximum absolute atomic E-state index is 11.4. The third kappa shape index (κ3) is 5.74. The Bertz CT molecular complexity index is 519. The Morgan fingerprint density at radius 3 is 2.76 bits per heavy atom. The Morgan fingerprint density at radius 1 is 1.29 bits per heavy atom. The van der Waals surface area contributed by atoms with Crippen molar-refractivity contribution >= 4 is 10.0 Å². The average Bonchev–Trinajstić information content (AvgIpc) is 2.48. The first-order chi connectivity index (χ1) is 10.1. The van der Waals surface area contributed by atoms with Gasteiger partial charge in [-0.3, -0.25) is 4.90 Å². The van der Waals surface area contributed by atoms with Crippen LogP contribution >= 0.6 is 0 Å². The number of hydrogen-bond acceptors (Lipinski definition) is 4. The Hall–Kier alpha value is -0.950. The van der Waals surface area contributed by atoms with E-state index >= 15 is 0 Å². The standard InChI is InChI=1S/C15H25N3O2S/c1-16-21(19,20)11-9-17-15-8-5-10-18(13-15)12-14-6-3-2-4-7-14/h2-4,6-7,15-17H,5,8-13H2,1H3. The molecule has 21 heavy (non-hydrogen) atoms. The highest BCUT2D eigenvalue weighted by Crippen LogP contribution is 2.13. The minimum atomic E-state index is -3.11. The van der Waals surface area contributed by atoms with E-state index in [-0.39, 0.29) is 5.75 Å². The first-order valence-corrected chi connectivity index (χ1v) is 9.15. The molecule has 0 spiro atoms. The highest BCUT2D eigenvalue weighted by Gasteiger charge is 2.19. The molecule has 0 radical (unpaired) electrons. The molecule has 0 bridgehead atoms. The summed E-state index contributed by atoms with van der Waals surface area (Å²) in [5.41, 5.74) is 1.33. The van der Waals surface area contributed by atoms with Gasteiger partial charge in [0.25, 0.3) is 0 Å². The van der Waals surface area contributed by atoms with Crippen molar-refractivity contribution in [2.24, 2.45) is 0 Å². The summed E-state index contributed by atoms with van der Waals surface area (Å²) < 4.78 is 25.1. The first kappa shape index (κ1) is 16.4. The van der Waals surface area contributed by atoms with Gasteiger partial charge in [0.15, 0.2) is 0 Å². The number of likely N-dealkylation sites (tertiary alicyclic amines) is 1. The van der Waals surface area contributed by atoms with E-state index in [1.54, 1.807) is 0 Å². The van der Waals surface area contributed by atoms with Crippen LogP contribution in [0.15, 0.2) is 30.3 Å². The van der Waals surface area contributed by atoms with Crippen molar-refractivity contribution in [3.05, 3.63) is 35.9 Å². The maximum Gasteiger partial charge on any atom is 0.212 e. The quantitative estimate of drug-likeness (QED) is 0.781. The largest absolute Gasteiger partial charge is 0.312 e. The van der Waals surface area contributed by atoms with Gasteiger partial charge in [0, 0.05) is 25.7 Å². The Balaban J connectivity index is 1.76. The van der Waals surface area contributed by atoms with Crippen molar-refractivity contribution in [2.45, 2.75) is 25.4 Å². The molecule has 1 aromatic carbocycles. The predicted molar refractivity (Wildman–Crippen MR) is 85.6 cm³/mol. The second kappa shape index (κ2) is 7.89. The highest BCUT2D eigenvalue weighted by atomic mass is 32.2. The number of rotatable bonds is 7. The molecule has 1 aliphatic heterocycles. The maximum atomic E-state index is 11.4. The van der Waals surface area contributed by atoms with Gasteiger partial charge in [0.1, 0.15) is 0 Å². The fraction of sp³-hybridized carbons (Fsp3) is 0.600. The van der Waals surface area contributed by atoms with Crippen LogP contribution < -0.4 is 10.0 Å². The van der Waals surface area contributed by atoms with Gasteiger partial charge >= 0.3 is 0 Å². The lowest BCUT2D eigenvalue weighted by Crippen LogP contribution is -2.46. The topological polar surface area (TPSA) is 61.4 Å². The summed E-state index contributed by atoms with van der Waals surface area (Å²) in [5.74, 6) is 0.138. The lowest BCUT2D eigenvalue weighted by molar-refractivity contribution is 0.185. The van der Waals surface area contributed by atoms with E-state index in [2.05, 4.69) is 39.2 Å². The van der Waals surface area contributed by atoms with E-state index in [9.17, 15) is 8.42 Å². The zero-order valence-corrected chi connectivity index (χ0v) is 13.4. The molecule has 1 unspecified atom stereocenters. The predicted octanol–water partition coefficient (Wildman–Crippen LogP) is 0.790. The van der Waals surface area contributed by atoms with Gasteiger partial charge in [-0.15, -0.1) is 0 Å². The summed E-state index contributed by atoms with van der Waals surface area (Å²) in [7, 11) is -1.65. The van der Waals surface area contributed by atoms with Crippen molar-refractivity contribution in [1.29, 1.82) is 0 Å². The van der Waals surface area contributed by atoms with Gasteiger partial charge in [0.05, 0.1) is 5.75 Å². The van der Waals surface area contributed by atoms with E-state index < -0.39 is 10.0 Å². The smallest absolute Gasteiger partial charge is 0.212 e. The molecule has 2 N–H and O–H groups in total. The van der Waals surface area contributed by atoms with Crippen LogP contribution in [0.25, 0.3) is 0 Å². The Kier molecular flexibility index (Phi) is 6.17. The van der Waals surface area contributed by atoms with Crippen LogP contribution in [0.5, 0.6) is 0 Å². The zero-order chi connectivity index (χ0) is 15.1. The van der Waals surface area contributed by atoms with E-state index in [1.165, 1.54) is 12.6 Å². The highest BCUT2D eigenvalue weighted by molar-refractivity contribution is 7.89. The third-order valence-corrected chi connectivity index (χ3v) is 5.23. The summed E-state index contributed by atoms with van der Waals surface area (Å²) in [4.78, 5) is 2.43. The summed E-state index contributed by atoms with van der Waals surface area (Å²) in [6.45, 7) is 3.57. The molecule has 0 aromatic heterocycles.